The summed E-state index contributed by atoms with van der Waals surface area (Å²) in [5.74, 6) is -0.309. The molecule has 2 aromatic heterocycles. The van der Waals surface area contributed by atoms with E-state index in [2.05, 4.69) is 4.98 Å². The number of piperidine rings is 1. The first-order valence-corrected chi connectivity index (χ1v) is 11.0. The largest absolute Gasteiger partial charge is 0.493 e. The van der Waals surface area contributed by atoms with Crippen LogP contribution in [0.15, 0.2) is 51.7 Å². The molecule has 1 fully saturated rings. The minimum atomic E-state index is -0.693. The number of aromatic nitrogens is 1. The van der Waals surface area contributed by atoms with Crippen molar-refractivity contribution >= 4 is 38.4 Å². The molecule has 9 heteroatoms. The van der Waals surface area contributed by atoms with Gasteiger partial charge in [-0.05, 0) is 24.3 Å². The summed E-state index contributed by atoms with van der Waals surface area (Å²) in [6.45, 7) is 0.858. The molecule has 1 amide bonds. The number of methoxy groups -OCH3 is 1. The van der Waals surface area contributed by atoms with Crippen molar-refractivity contribution in [3.05, 3.63) is 64.3 Å². The van der Waals surface area contributed by atoms with E-state index >= 15 is 0 Å². The minimum absolute atomic E-state index is 0.00762. The van der Waals surface area contributed by atoms with Crippen LogP contribution in [0.1, 0.15) is 23.2 Å². The third-order valence-corrected chi connectivity index (χ3v) is 6.43. The van der Waals surface area contributed by atoms with Gasteiger partial charge in [0.1, 0.15) is 23.0 Å². The fourth-order valence-electron chi connectivity index (χ4n) is 3.86. The Labute approximate surface area is 186 Å². The molecule has 1 aliphatic rings. The van der Waals surface area contributed by atoms with Gasteiger partial charge in [0.2, 0.25) is 0 Å². The molecule has 2 aromatic carbocycles. The van der Waals surface area contributed by atoms with Gasteiger partial charge in [0.15, 0.2) is 11.3 Å². The van der Waals surface area contributed by atoms with E-state index in [1.54, 1.807) is 41.3 Å². The molecule has 0 spiro atoms. The van der Waals surface area contributed by atoms with Crippen LogP contribution in [0.2, 0.25) is 0 Å². The lowest BCUT2D eigenvalue weighted by Crippen LogP contribution is -2.43. The standard InChI is InChI=1S/C23H19FN2O5S/c1-29-17-6-2-4-13-12-15(22(28)31-20(13)17)21(27)26-10-8-14(9-11-26)30-23-25-19-16(24)5-3-7-18(19)32-23/h2-7,12,14H,8-11H2,1H3. The minimum Gasteiger partial charge on any atom is -0.493 e. The number of thiazole rings is 1. The number of hydrogen-bond donors (Lipinski definition) is 0. The second-order valence-corrected chi connectivity index (χ2v) is 8.50. The molecule has 4 aromatic rings. The van der Waals surface area contributed by atoms with E-state index in [1.165, 1.54) is 24.5 Å². The second-order valence-electron chi connectivity index (χ2n) is 7.50. The van der Waals surface area contributed by atoms with Crippen LogP contribution in [-0.4, -0.2) is 42.1 Å². The van der Waals surface area contributed by atoms with Crippen molar-refractivity contribution < 1.29 is 23.1 Å². The average Bonchev–Trinajstić information content (AvgIpc) is 3.22. The van der Waals surface area contributed by atoms with Crippen LogP contribution < -0.4 is 15.1 Å². The number of nitrogens with zero attached hydrogens (tertiary/aromatic N) is 2. The zero-order valence-corrected chi connectivity index (χ0v) is 18.0. The molecule has 0 radical (unpaired) electrons. The summed E-state index contributed by atoms with van der Waals surface area (Å²) in [7, 11) is 1.49. The van der Waals surface area contributed by atoms with E-state index in [9.17, 15) is 14.0 Å². The van der Waals surface area contributed by atoms with Gasteiger partial charge in [-0.1, -0.05) is 29.5 Å². The lowest BCUT2D eigenvalue weighted by molar-refractivity contribution is 0.0592. The van der Waals surface area contributed by atoms with Crippen molar-refractivity contribution in [2.75, 3.05) is 20.2 Å². The summed E-state index contributed by atoms with van der Waals surface area (Å²) in [5, 5.41) is 1.03. The van der Waals surface area contributed by atoms with Crippen molar-refractivity contribution in [2.24, 2.45) is 0 Å². The van der Waals surface area contributed by atoms with Crippen molar-refractivity contribution in [1.29, 1.82) is 0 Å². The maximum absolute atomic E-state index is 13.9. The molecule has 0 N–H and O–H groups in total. The van der Waals surface area contributed by atoms with Gasteiger partial charge in [0.05, 0.1) is 11.8 Å². The Morgan fingerprint density at radius 3 is 2.75 bits per heavy atom. The molecule has 0 bridgehead atoms. The molecular weight excluding hydrogens is 435 g/mol. The Kier molecular flexibility index (Phi) is 5.26. The van der Waals surface area contributed by atoms with Crippen LogP contribution in [0.5, 0.6) is 10.9 Å². The van der Waals surface area contributed by atoms with Crippen LogP contribution in [0, 0.1) is 5.82 Å². The maximum atomic E-state index is 13.9. The molecule has 0 atom stereocenters. The molecule has 164 valence electrons. The first-order valence-electron chi connectivity index (χ1n) is 10.2. The third-order valence-electron chi connectivity index (χ3n) is 5.52. The van der Waals surface area contributed by atoms with Crippen molar-refractivity contribution in [2.45, 2.75) is 18.9 Å². The van der Waals surface area contributed by atoms with Crippen LogP contribution in [0.3, 0.4) is 0 Å². The SMILES string of the molecule is COc1cccc2cc(C(=O)N3CCC(Oc4nc5c(F)cccc5s4)CC3)c(=O)oc12. The van der Waals surface area contributed by atoms with Crippen molar-refractivity contribution in [3.8, 4) is 10.9 Å². The topological polar surface area (TPSA) is 81.9 Å². The molecule has 7 nitrogen and oxygen atoms in total. The van der Waals surface area contributed by atoms with Crippen LogP contribution in [0.25, 0.3) is 21.2 Å². The van der Waals surface area contributed by atoms with Crippen LogP contribution >= 0.6 is 11.3 Å². The average molecular weight is 454 g/mol. The van der Waals surface area contributed by atoms with Crippen LogP contribution in [-0.2, 0) is 0 Å². The molecule has 32 heavy (non-hydrogen) atoms. The fourth-order valence-corrected chi connectivity index (χ4v) is 4.76. The molecule has 5 rings (SSSR count). The van der Waals surface area contributed by atoms with Gasteiger partial charge in [-0.15, -0.1) is 0 Å². The summed E-state index contributed by atoms with van der Waals surface area (Å²) in [6, 6.07) is 11.6. The zero-order chi connectivity index (χ0) is 22.2. The van der Waals surface area contributed by atoms with Crippen LogP contribution in [0.4, 0.5) is 4.39 Å². The lowest BCUT2D eigenvalue weighted by Gasteiger charge is -2.31. The number of halogens is 1. The lowest BCUT2D eigenvalue weighted by atomic mass is 10.1. The number of carbonyl (C=O) groups excluding carboxylic acids is 1. The Hall–Kier alpha value is -3.46. The van der Waals surface area contributed by atoms with E-state index in [0.29, 0.717) is 53.4 Å². The predicted octanol–water partition coefficient (Wildman–Crippen LogP) is 4.23. The highest BCUT2D eigenvalue weighted by Crippen LogP contribution is 2.31. The normalized spacial score (nSPS) is 14.8. The number of fused-ring (bicyclic) bond motifs is 2. The number of para-hydroxylation sites is 2. The number of benzene rings is 2. The summed E-state index contributed by atoms with van der Waals surface area (Å²) in [5.41, 5.74) is -0.0793. The Bertz CT molecular complexity index is 1370. The summed E-state index contributed by atoms with van der Waals surface area (Å²) < 4.78 is 31.1. The fraction of sp³-hybridized carbons (Fsp3) is 0.261. The molecule has 1 aliphatic heterocycles. The molecule has 0 aliphatic carbocycles. The number of ether oxygens (including phenoxy) is 2. The Morgan fingerprint density at radius 1 is 1.22 bits per heavy atom. The van der Waals surface area contributed by atoms with E-state index in [-0.39, 0.29) is 23.4 Å². The molecule has 1 saturated heterocycles. The Balaban J connectivity index is 1.28. The van der Waals surface area contributed by atoms with Gasteiger partial charge in [0.25, 0.3) is 11.1 Å². The number of rotatable bonds is 4. The van der Waals surface area contributed by atoms with Gasteiger partial charge in [-0.2, -0.15) is 4.98 Å². The highest BCUT2D eigenvalue weighted by atomic mass is 32.1. The highest BCUT2D eigenvalue weighted by Gasteiger charge is 2.28. The van der Waals surface area contributed by atoms with Gasteiger partial charge < -0.3 is 18.8 Å². The molecule has 0 unspecified atom stereocenters. The smallest absolute Gasteiger partial charge is 0.349 e. The van der Waals surface area contributed by atoms with E-state index in [1.807, 2.05) is 0 Å². The van der Waals surface area contributed by atoms with Gasteiger partial charge in [0, 0.05) is 31.3 Å². The number of amides is 1. The molecule has 3 heterocycles. The number of likely N-dealkylation sites (tertiary alicyclic amines) is 1. The molecular formula is C23H19FN2O5S. The third kappa shape index (κ3) is 3.69. The highest BCUT2D eigenvalue weighted by molar-refractivity contribution is 7.20. The molecule has 0 saturated carbocycles. The second kappa shape index (κ2) is 8.23. The maximum Gasteiger partial charge on any atom is 0.349 e. The van der Waals surface area contributed by atoms with E-state index in [0.717, 1.165) is 4.70 Å². The van der Waals surface area contributed by atoms with E-state index < -0.39 is 5.63 Å². The first kappa shape index (κ1) is 20.4. The van der Waals surface area contributed by atoms with Crippen molar-refractivity contribution in [1.82, 2.24) is 9.88 Å². The summed E-state index contributed by atoms with van der Waals surface area (Å²) in [4.78, 5) is 31.3. The first-order chi connectivity index (χ1) is 15.5. The van der Waals surface area contributed by atoms with Gasteiger partial charge in [-0.3, -0.25) is 4.79 Å². The predicted molar refractivity (Wildman–Crippen MR) is 118 cm³/mol. The quantitative estimate of drug-likeness (QED) is 0.429. The van der Waals surface area contributed by atoms with Crippen molar-refractivity contribution in [3.63, 3.8) is 0 Å². The number of hydrogen-bond acceptors (Lipinski definition) is 7. The number of carbonyl (C=O) groups is 1. The zero-order valence-electron chi connectivity index (χ0n) is 17.2. The Morgan fingerprint density at radius 2 is 2.00 bits per heavy atom. The van der Waals surface area contributed by atoms with Gasteiger partial charge in [-0.25, -0.2) is 9.18 Å². The summed E-state index contributed by atoms with van der Waals surface area (Å²) in [6.07, 6.45) is 1.02. The monoisotopic (exact) mass is 454 g/mol. The summed E-state index contributed by atoms with van der Waals surface area (Å²) >= 11 is 1.30. The van der Waals surface area contributed by atoms with E-state index in [4.69, 9.17) is 13.9 Å². The van der Waals surface area contributed by atoms with Gasteiger partial charge >= 0.3 is 5.63 Å².